The standard InChI is InChI=1S/C18H20N2O5S/c1-4-24-18(23)15-11(2)14(16(22)19-3)17(26-15)20-13(21)10-25-12-8-6-5-7-9-12/h5-9H,4,10H2,1-3H3,(H,19,22)(H,20,21). The number of carbonyl (C=O) groups is 3. The number of ether oxygens (including phenoxy) is 2. The molecule has 1 aromatic carbocycles. The molecule has 0 saturated carbocycles. The third-order valence-electron chi connectivity index (χ3n) is 3.43. The predicted molar refractivity (Wildman–Crippen MR) is 99.0 cm³/mol. The van der Waals surface area contributed by atoms with Gasteiger partial charge in [-0.1, -0.05) is 18.2 Å². The van der Waals surface area contributed by atoms with E-state index in [4.69, 9.17) is 9.47 Å². The van der Waals surface area contributed by atoms with Crippen LogP contribution < -0.4 is 15.4 Å². The van der Waals surface area contributed by atoms with Gasteiger partial charge >= 0.3 is 5.97 Å². The number of para-hydroxylation sites is 1. The number of hydrogen-bond donors (Lipinski definition) is 2. The van der Waals surface area contributed by atoms with Gasteiger partial charge in [0.2, 0.25) is 0 Å². The van der Waals surface area contributed by atoms with Crippen LogP contribution in [0.4, 0.5) is 5.00 Å². The average Bonchev–Trinajstić information content (AvgIpc) is 2.96. The molecule has 1 heterocycles. The summed E-state index contributed by atoms with van der Waals surface area (Å²) in [6.07, 6.45) is 0. The first kappa shape index (κ1) is 19.5. The van der Waals surface area contributed by atoms with Gasteiger partial charge in [-0.15, -0.1) is 11.3 Å². The largest absolute Gasteiger partial charge is 0.484 e. The van der Waals surface area contributed by atoms with E-state index in [1.807, 2.05) is 6.07 Å². The van der Waals surface area contributed by atoms with Crippen molar-refractivity contribution in [3.63, 3.8) is 0 Å². The summed E-state index contributed by atoms with van der Waals surface area (Å²) in [5, 5.41) is 5.43. The average molecular weight is 376 g/mol. The summed E-state index contributed by atoms with van der Waals surface area (Å²) >= 11 is 1.01. The number of carbonyl (C=O) groups excluding carboxylic acids is 3. The lowest BCUT2D eigenvalue weighted by atomic mass is 10.1. The van der Waals surface area contributed by atoms with E-state index in [1.165, 1.54) is 7.05 Å². The van der Waals surface area contributed by atoms with Crippen LogP contribution in [-0.2, 0) is 9.53 Å². The minimum atomic E-state index is -0.527. The fourth-order valence-corrected chi connectivity index (χ4v) is 3.33. The molecule has 0 unspecified atom stereocenters. The van der Waals surface area contributed by atoms with Crippen molar-refractivity contribution in [3.05, 3.63) is 46.3 Å². The Kier molecular flexibility index (Phi) is 6.74. The van der Waals surface area contributed by atoms with Crippen LogP contribution >= 0.6 is 11.3 Å². The first-order valence-corrected chi connectivity index (χ1v) is 8.79. The number of thiophene rings is 1. The first-order valence-electron chi connectivity index (χ1n) is 7.98. The molecule has 2 rings (SSSR count). The highest BCUT2D eigenvalue weighted by atomic mass is 32.1. The Bertz CT molecular complexity index is 801. The van der Waals surface area contributed by atoms with Crippen molar-refractivity contribution < 1.29 is 23.9 Å². The van der Waals surface area contributed by atoms with E-state index in [9.17, 15) is 14.4 Å². The molecule has 0 aliphatic carbocycles. The molecule has 0 atom stereocenters. The molecule has 1 aromatic heterocycles. The molecule has 0 aliphatic heterocycles. The summed E-state index contributed by atoms with van der Waals surface area (Å²) in [5.74, 6) is -0.797. The minimum absolute atomic E-state index is 0.219. The van der Waals surface area contributed by atoms with Crippen LogP contribution in [0.1, 0.15) is 32.5 Å². The summed E-state index contributed by atoms with van der Waals surface area (Å²) < 4.78 is 10.4. The van der Waals surface area contributed by atoms with Crippen LogP contribution in [0.15, 0.2) is 30.3 Å². The van der Waals surface area contributed by atoms with Crippen molar-refractivity contribution >= 4 is 34.1 Å². The zero-order chi connectivity index (χ0) is 19.1. The third kappa shape index (κ3) is 4.60. The zero-order valence-electron chi connectivity index (χ0n) is 14.8. The van der Waals surface area contributed by atoms with Crippen molar-refractivity contribution in [2.45, 2.75) is 13.8 Å². The molecule has 7 nitrogen and oxygen atoms in total. The number of esters is 1. The van der Waals surface area contributed by atoms with Gasteiger partial charge < -0.3 is 20.1 Å². The van der Waals surface area contributed by atoms with E-state index in [0.29, 0.717) is 11.3 Å². The van der Waals surface area contributed by atoms with Crippen molar-refractivity contribution in [2.24, 2.45) is 0 Å². The second-order valence-electron chi connectivity index (χ2n) is 5.21. The lowest BCUT2D eigenvalue weighted by molar-refractivity contribution is -0.118. The Morgan fingerprint density at radius 3 is 2.46 bits per heavy atom. The molecular formula is C18H20N2O5S. The lowest BCUT2D eigenvalue weighted by Crippen LogP contribution is -2.23. The van der Waals surface area contributed by atoms with E-state index in [1.54, 1.807) is 38.1 Å². The topological polar surface area (TPSA) is 93.7 Å². The maximum Gasteiger partial charge on any atom is 0.348 e. The fraction of sp³-hybridized carbons (Fsp3) is 0.278. The highest BCUT2D eigenvalue weighted by molar-refractivity contribution is 7.18. The smallest absolute Gasteiger partial charge is 0.348 e. The van der Waals surface area contributed by atoms with Crippen LogP contribution in [0.2, 0.25) is 0 Å². The third-order valence-corrected chi connectivity index (χ3v) is 4.62. The van der Waals surface area contributed by atoms with Gasteiger partial charge in [-0.25, -0.2) is 4.79 Å². The second-order valence-corrected chi connectivity index (χ2v) is 6.23. The van der Waals surface area contributed by atoms with E-state index in [-0.39, 0.29) is 28.7 Å². The molecule has 26 heavy (non-hydrogen) atoms. The van der Waals surface area contributed by atoms with Gasteiger partial charge in [0, 0.05) is 7.05 Å². The highest BCUT2D eigenvalue weighted by Gasteiger charge is 2.25. The monoisotopic (exact) mass is 376 g/mol. The summed E-state index contributed by atoms with van der Waals surface area (Å²) in [5.41, 5.74) is 0.709. The molecule has 2 aromatic rings. The van der Waals surface area contributed by atoms with E-state index >= 15 is 0 Å². The second kappa shape index (κ2) is 9.00. The predicted octanol–water partition coefficient (Wildman–Crippen LogP) is 2.61. The zero-order valence-corrected chi connectivity index (χ0v) is 15.6. The number of benzene rings is 1. The molecule has 0 fully saturated rings. The van der Waals surface area contributed by atoms with Gasteiger partial charge in [0.15, 0.2) is 6.61 Å². The molecule has 0 spiro atoms. The Balaban J connectivity index is 2.18. The number of anilines is 1. The first-order chi connectivity index (χ1) is 12.5. The minimum Gasteiger partial charge on any atom is -0.484 e. The highest BCUT2D eigenvalue weighted by Crippen LogP contribution is 2.33. The summed E-state index contributed by atoms with van der Waals surface area (Å²) in [6, 6.07) is 8.90. The normalized spacial score (nSPS) is 10.1. The summed E-state index contributed by atoms with van der Waals surface area (Å²) in [7, 11) is 1.48. The Hall–Kier alpha value is -2.87. The molecular weight excluding hydrogens is 356 g/mol. The number of rotatable bonds is 7. The van der Waals surface area contributed by atoms with Crippen molar-refractivity contribution in [1.29, 1.82) is 0 Å². The van der Waals surface area contributed by atoms with Crippen LogP contribution in [0.25, 0.3) is 0 Å². The Labute approximate surface area is 155 Å². The van der Waals surface area contributed by atoms with Gasteiger partial charge in [0.25, 0.3) is 11.8 Å². The van der Waals surface area contributed by atoms with Crippen LogP contribution in [-0.4, -0.2) is 38.0 Å². The van der Waals surface area contributed by atoms with E-state index in [2.05, 4.69) is 10.6 Å². The van der Waals surface area contributed by atoms with Gasteiger partial charge in [-0.2, -0.15) is 0 Å². The lowest BCUT2D eigenvalue weighted by Gasteiger charge is -2.08. The maximum atomic E-state index is 12.2. The number of nitrogens with one attached hydrogen (secondary N) is 2. The van der Waals surface area contributed by atoms with Crippen LogP contribution in [0, 0.1) is 6.92 Å². The van der Waals surface area contributed by atoms with E-state index < -0.39 is 17.8 Å². The van der Waals surface area contributed by atoms with Gasteiger partial charge in [-0.3, -0.25) is 9.59 Å². The van der Waals surface area contributed by atoms with Gasteiger partial charge in [0.1, 0.15) is 15.6 Å². The SMILES string of the molecule is CCOC(=O)c1sc(NC(=O)COc2ccccc2)c(C(=O)NC)c1C. The summed E-state index contributed by atoms with van der Waals surface area (Å²) in [4.78, 5) is 36.7. The molecule has 0 saturated heterocycles. The van der Waals surface area contributed by atoms with E-state index in [0.717, 1.165) is 11.3 Å². The van der Waals surface area contributed by atoms with Crippen LogP contribution in [0.5, 0.6) is 5.75 Å². The van der Waals surface area contributed by atoms with Gasteiger partial charge in [-0.05, 0) is 31.5 Å². The quantitative estimate of drug-likeness (QED) is 0.725. The molecule has 8 heteroatoms. The number of amides is 2. The molecule has 2 N–H and O–H groups in total. The maximum absolute atomic E-state index is 12.2. The fourth-order valence-electron chi connectivity index (χ4n) is 2.22. The van der Waals surface area contributed by atoms with Crippen molar-refractivity contribution in [1.82, 2.24) is 5.32 Å². The van der Waals surface area contributed by atoms with Gasteiger partial charge in [0.05, 0.1) is 12.2 Å². The van der Waals surface area contributed by atoms with Crippen molar-refractivity contribution in [2.75, 3.05) is 25.6 Å². The molecule has 0 aliphatic rings. The van der Waals surface area contributed by atoms with Crippen molar-refractivity contribution in [3.8, 4) is 5.75 Å². The van der Waals surface area contributed by atoms with Crippen LogP contribution in [0.3, 0.4) is 0 Å². The summed E-state index contributed by atoms with van der Waals surface area (Å²) in [6.45, 7) is 3.34. The Morgan fingerprint density at radius 1 is 1.15 bits per heavy atom. The molecule has 138 valence electrons. The molecule has 0 bridgehead atoms. The Morgan fingerprint density at radius 2 is 1.85 bits per heavy atom. The molecule has 2 amide bonds. The molecule has 0 radical (unpaired) electrons. The number of hydrogen-bond acceptors (Lipinski definition) is 6.